The van der Waals surface area contributed by atoms with Crippen LogP contribution in [-0.2, 0) is 4.79 Å². The van der Waals surface area contributed by atoms with Gasteiger partial charge < -0.3 is 11.1 Å². The van der Waals surface area contributed by atoms with E-state index in [4.69, 9.17) is 5.73 Å². The summed E-state index contributed by atoms with van der Waals surface area (Å²) >= 11 is 1.97. The van der Waals surface area contributed by atoms with E-state index in [9.17, 15) is 4.79 Å². The molecule has 3 nitrogen and oxygen atoms in total. The van der Waals surface area contributed by atoms with Crippen molar-refractivity contribution in [2.75, 3.05) is 18.8 Å². The summed E-state index contributed by atoms with van der Waals surface area (Å²) in [5.41, 5.74) is 5.67. The highest BCUT2D eigenvalue weighted by Gasteiger charge is 2.30. The van der Waals surface area contributed by atoms with Crippen molar-refractivity contribution in [1.82, 2.24) is 5.32 Å². The molecule has 4 heteroatoms. The van der Waals surface area contributed by atoms with Crippen LogP contribution in [0.3, 0.4) is 0 Å². The maximum atomic E-state index is 12.0. The molecule has 0 aliphatic carbocycles. The van der Waals surface area contributed by atoms with E-state index in [-0.39, 0.29) is 16.6 Å². The highest BCUT2D eigenvalue weighted by atomic mass is 32.2. The lowest BCUT2D eigenvalue weighted by Gasteiger charge is -2.25. The Morgan fingerprint density at radius 3 is 2.71 bits per heavy atom. The molecule has 1 saturated heterocycles. The monoisotopic (exact) mass is 258 g/mol. The quantitative estimate of drug-likeness (QED) is 0.766. The average molecular weight is 258 g/mol. The fourth-order valence-electron chi connectivity index (χ4n) is 2.27. The average Bonchev–Trinajstić information content (AvgIpc) is 2.70. The molecule has 0 aromatic heterocycles. The van der Waals surface area contributed by atoms with Gasteiger partial charge in [0.15, 0.2) is 0 Å². The lowest BCUT2D eigenvalue weighted by molar-refractivity contribution is -0.125. The fourth-order valence-corrected chi connectivity index (χ4v) is 3.52. The van der Waals surface area contributed by atoms with E-state index in [1.165, 1.54) is 18.6 Å². The predicted octanol–water partition coefficient (Wildman–Crippen LogP) is 2.01. The summed E-state index contributed by atoms with van der Waals surface area (Å²) in [6, 6.07) is 0. The third-order valence-electron chi connectivity index (χ3n) is 3.35. The smallest absolute Gasteiger partial charge is 0.224 e. The first-order chi connectivity index (χ1) is 7.97. The first-order valence-electron chi connectivity index (χ1n) is 6.58. The molecule has 0 radical (unpaired) electrons. The standard InChI is InChI=1S/C13H26N2OS/c1-10(2)7-11(8-14)12(16)15-9-13(3)5-4-6-17-13/h10-11H,4-9,14H2,1-3H3,(H,15,16). The molecule has 17 heavy (non-hydrogen) atoms. The van der Waals surface area contributed by atoms with E-state index in [1.54, 1.807) is 0 Å². The van der Waals surface area contributed by atoms with Crippen LogP contribution in [0.1, 0.15) is 40.0 Å². The summed E-state index contributed by atoms with van der Waals surface area (Å²) in [5, 5.41) is 3.08. The van der Waals surface area contributed by atoms with Crippen molar-refractivity contribution in [3.8, 4) is 0 Å². The number of hydrogen-bond acceptors (Lipinski definition) is 3. The van der Waals surface area contributed by atoms with Gasteiger partial charge in [-0.15, -0.1) is 0 Å². The van der Waals surface area contributed by atoms with Gasteiger partial charge in [-0.05, 0) is 37.9 Å². The first kappa shape index (κ1) is 14.8. The minimum Gasteiger partial charge on any atom is -0.354 e. The third-order valence-corrected chi connectivity index (χ3v) is 4.89. The van der Waals surface area contributed by atoms with Gasteiger partial charge in [-0.25, -0.2) is 0 Å². The summed E-state index contributed by atoms with van der Waals surface area (Å²) in [6.07, 6.45) is 3.35. The molecule has 1 fully saturated rings. The van der Waals surface area contributed by atoms with E-state index in [0.717, 1.165) is 13.0 Å². The fraction of sp³-hybridized carbons (Fsp3) is 0.923. The van der Waals surface area contributed by atoms with Crippen LogP contribution in [0.4, 0.5) is 0 Å². The summed E-state index contributed by atoms with van der Waals surface area (Å²) in [4.78, 5) is 12.0. The Balaban J connectivity index is 2.36. The highest BCUT2D eigenvalue weighted by Crippen LogP contribution is 2.36. The zero-order valence-electron chi connectivity index (χ0n) is 11.3. The van der Waals surface area contributed by atoms with Crippen LogP contribution in [0, 0.1) is 11.8 Å². The first-order valence-corrected chi connectivity index (χ1v) is 7.57. The SMILES string of the molecule is CC(C)CC(CN)C(=O)NCC1(C)CCCS1. The Labute approximate surface area is 109 Å². The summed E-state index contributed by atoms with van der Waals surface area (Å²) < 4.78 is 0.243. The molecule has 0 spiro atoms. The van der Waals surface area contributed by atoms with Crippen molar-refractivity contribution in [2.24, 2.45) is 17.6 Å². The van der Waals surface area contributed by atoms with Crippen LogP contribution in [0.25, 0.3) is 0 Å². The van der Waals surface area contributed by atoms with Crippen molar-refractivity contribution in [1.29, 1.82) is 0 Å². The van der Waals surface area contributed by atoms with Crippen molar-refractivity contribution in [2.45, 2.75) is 44.8 Å². The number of thioether (sulfide) groups is 1. The number of hydrogen-bond donors (Lipinski definition) is 2. The van der Waals surface area contributed by atoms with Crippen LogP contribution in [0.15, 0.2) is 0 Å². The number of nitrogens with two attached hydrogens (primary N) is 1. The highest BCUT2D eigenvalue weighted by molar-refractivity contribution is 8.00. The second-order valence-electron chi connectivity index (χ2n) is 5.68. The van der Waals surface area contributed by atoms with Gasteiger partial charge in [-0.1, -0.05) is 13.8 Å². The van der Waals surface area contributed by atoms with Gasteiger partial charge >= 0.3 is 0 Å². The molecule has 1 aliphatic rings. The van der Waals surface area contributed by atoms with E-state index in [1.807, 2.05) is 11.8 Å². The summed E-state index contributed by atoms with van der Waals surface area (Å²) in [6.45, 7) is 7.73. The van der Waals surface area contributed by atoms with E-state index >= 15 is 0 Å². The van der Waals surface area contributed by atoms with Gasteiger partial charge in [-0.2, -0.15) is 11.8 Å². The maximum absolute atomic E-state index is 12.0. The van der Waals surface area contributed by atoms with E-state index in [2.05, 4.69) is 26.1 Å². The predicted molar refractivity (Wildman–Crippen MR) is 75.1 cm³/mol. The molecular weight excluding hydrogens is 232 g/mol. The largest absolute Gasteiger partial charge is 0.354 e. The summed E-state index contributed by atoms with van der Waals surface area (Å²) in [5.74, 6) is 1.85. The number of carbonyl (C=O) groups excluding carboxylic acids is 1. The van der Waals surface area contributed by atoms with Gasteiger partial charge in [-0.3, -0.25) is 4.79 Å². The van der Waals surface area contributed by atoms with Crippen molar-refractivity contribution < 1.29 is 4.79 Å². The van der Waals surface area contributed by atoms with Gasteiger partial charge in [0.2, 0.25) is 5.91 Å². The molecule has 0 saturated carbocycles. The van der Waals surface area contributed by atoms with Gasteiger partial charge in [0.25, 0.3) is 0 Å². The van der Waals surface area contributed by atoms with Crippen LogP contribution in [0.2, 0.25) is 0 Å². The molecule has 1 rings (SSSR count). The van der Waals surface area contributed by atoms with Crippen molar-refractivity contribution in [3.63, 3.8) is 0 Å². The molecule has 0 aromatic rings. The molecule has 1 heterocycles. The second-order valence-corrected chi connectivity index (χ2v) is 7.36. The normalized spacial score (nSPS) is 26.2. The van der Waals surface area contributed by atoms with Crippen LogP contribution in [0.5, 0.6) is 0 Å². The Morgan fingerprint density at radius 2 is 2.24 bits per heavy atom. The molecule has 3 N–H and O–H groups in total. The van der Waals surface area contributed by atoms with Crippen LogP contribution in [-0.4, -0.2) is 29.5 Å². The molecule has 2 unspecified atom stereocenters. The number of rotatable bonds is 6. The van der Waals surface area contributed by atoms with Crippen LogP contribution >= 0.6 is 11.8 Å². The molecular formula is C13H26N2OS. The lowest BCUT2D eigenvalue weighted by atomic mass is 9.96. The minimum absolute atomic E-state index is 0.0231. The molecule has 100 valence electrons. The van der Waals surface area contributed by atoms with Gasteiger partial charge in [0, 0.05) is 17.8 Å². The Bertz CT molecular complexity index is 250. The number of carbonyl (C=O) groups is 1. The molecule has 1 aliphatic heterocycles. The van der Waals surface area contributed by atoms with Crippen molar-refractivity contribution >= 4 is 17.7 Å². The van der Waals surface area contributed by atoms with Gasteiger partial charge in [0.1, 0.15) is 0 Å². The zero-order valence-corrected chi connectivity index (χ0v) is 12.1. The maximum Gasteiger partial charge on any atom is 0.224 e. The third kappa shape index (κ3) is 4.88. The summed E-state index contributed by atoms with van der Waals surface area (Å²) in [7, 11) is 0. The Hall–Kier alpha value is -0.220. The Morgan fingerprint density at radius 1 is 1.53 bits per heavy atom. The Kier molecular flexibility index (Phi) is 5.80. The van der Waals surface area contributed by atoms with E-state index < -0.39 is 0 Å². The van der Waals surface area contributed by atoms with Crippen molar-refractivity contribution in [3.05, 3.63) is 0 Å². The minimum atomic E-state index is -0.0231. The molecule has 0 bridgehead atoms. The molecule has 1 amide bonds. The second kappa shape index (κ2) is 6.64. The van der Waals surface area contributed by atoms with E-state index in [0.29, 0.717) is 12.5 Å². The lowest BCUT2D eigenvalue weighted by Crippen LogP contribution is -2.42. The molecule has 0 aromatic carbocycles. The topological polar surface area (TPSA) is 55.1 Å². The number of nitrogens with one attached hydrogen (secondary N) is 1. The molecule has 2 atom stereocenters. The zero-order chi connectivity index (χ0) is 12.9. The number of amides is 1. The van der Waals surface area contributed by atoms with Gasteiger partial charge in [0.05, 0.1) is 5.92 Å². The van der Waals surface area contributed by atoms with Crippen LogP contribution < -0.4 is 11.1 Å².